The molecule has 1 fully saturated rings. The number of carbonyl (C=O) groups is 1. The number of nitrogens with one attached hydrogen (secondary N) is 2. The number of nitrogens with two attached hydrogens (primary N) is 1. The van der Waals surface area contributed by atoms with Gasteiger partial charge in [0.1, 0.15) is 6.17 Å². The molecule has 2 atom stereocenters. The Kier molecular flexibility index (Phi) is 5.42. The van der Waals surface area contributed by atoms with Gasteiger partial charge in [-0.2, -0.15) is 0 Å². The predicted octanol–water partition coefficient (Wildman–Crippen LogP) is 4.00. The normalized spacial score (nSPS) is 22.8. The summed E-state index contributed by atoms with van der Waals surface area (Å²) in [5.41, 5.74) is 12.5. The molecule has 4 rings (SSSR count). The summed E-state index contributed by atoms with van der Waals surface area (Å²) in [6.45, 7) is 4.04. The Morgan fingerprint density at radius 3 is 2.86 bits per heavy atom. The molecule has 5 heteroatoms. The fourth-order valence-corrected chi connectivity index (χ4v) is 4.59. The first-order valence-electron chi connectivity index (χ1n) is 10.8. The van der Waals surface area contributed by atoms with E-state index in [-0.39, 0.29) is 18.0 Å². The zero-order valence-electron chi connectivity index (χ0n) is 17.1. The van der Waals surface area contributed by atoms with E-state index in [1.807, 2.05) is 13.0 Å². The van der Waals surface area contributed by atoms with Gasteiger partial charge in [0.05, 0.1) is 11.4 Å². The molecular formula is C23H32N4O. The van der Waals surface area contributed by atoms with Crippen LogP contribution in [0.4, 0.5) is 5.69 Å². The Morgan fingerprint density at radius 2 is 2.11 bits per heavy atom. The molecule has 1 aliphatic heterocycles. The lowest BCUT2D eigenvalue weighted by Crippen LogP contribution is -2.53. The Morgan fingerprint density at radius 1 is 1.32 bits per heavy atom. The molecule has 0 radical (unpaired) electrons. The van der Waals surface area contributed by atoms with Crippen molar-refractivity contribution >= 4 is 23.0 Å². The zero-order chi connectivity index (χ0) is 19.7. The highest BCUT2D eigenvalue weighted by molar-refractivity contribution is 5.99. The first kappa shape index (κ1) is 19.0. The largest absolute Gasteiger partial charge is 0.399 e. The molecule has 0 spiro atoms. The quantitative estimate of drug-likeness (QED) is 0.676. The third kappa shape index (κ3) is 3.80. The number of benzene rings is 1. The summed E-state index contributed by atoms with van der Waals surface area (Å²) in [4.78, 5) is 17.7. The minimum atomic E-state index is -0.184. The molecule has 2 unspecified atom stereocenters. The molecule has 1 amide bonds. The number of hydrogen-bond acceptors (Lipinski definition) is 4. The Hall–Kier alpha value is -2.30. The molecule has 28 heavy (non-hydrogen) atoms. The van der Waals surface area contributed by atoms with Gasteiger partial charge in [-0.15, -0.1) is 0 Å². The number of amides is 1. The molecule has 0 bridgehead atoms. The standard InChI is InChI=1S/C23H32N4O/c1-3-14(2)23(28)27-22-20(12-15-6-4-5-7-15)25-21-18-10-9-17(24)13-16(18)8-11-19(21)26-22/h9-10,13-15,22,26H,3-8,11-12,24H2,1-2H3,(H,27,28). The number of fused-ring (bicyclic) bond motifs is 2. The molecular weight excluding hydrogens is 348 g/mol. The van der Waals surface area contributed by atoms with E-state index >= 15 is 0 Å². The second kappa shape index (κ2) is 7.98. The number of carbonyl (C=O) groups excluding carboxylic acids is 1. The molecule has 4 N–H and O–H groups in total. The molecule has 2 aliphatic carbocycles. The van der Waals surface area contributed by atoms with Crippen molar-refractivity contribution in [1.29, 1.82) is 0 Å². The van der Waals surface area contributed by atoms with Crippen molar-refractivity contribution in [2.75, 3.05) is 5.73 Å². The molecule has 1 aromatic rings. The molecule has 1 saturated carbocycles. The summed E-state index contributed by atoms with van der Waals surface area (Å²) in [6.07, 6.45) is 8.63. The zero-order valence-corrected chi connectivity index (χ0v) is 17.1. The maximum atomic E-state index is 12.6. The Bertz CT molecular complexity index is 820. The number of aliphatic imine (C=N–C) groups is 1. The number of aryl methyl sites for hydroxylation is 1. The SMILES string of the molecule is CCC(C)C(=O)NC1NC2=C(N=C1CC1CCCC1)c1ccc(N)cc1CC2. The van der Waals surface area contributed by atoms with Crippen molar-refractivity contribution in [3.05, 3.63) is 35.0 Å². The van der Waals surface area contributed by atoms with Gasteiger partial charge in [0.2, 0.25) is 5.91 Å². The van der Waals surface area contributed by atoms with Gasteiger partial charge in [-0.3, -0.25) is 9.79 Å². The first-order valence-corrected chi connectivity index (χ1v) is 10.8. The van der Waals surface area contributed by atoms with Crippen LogP contribution in [0.5, 0.6) is 0 Å². The summed E-state index contributed by atoms with van der Waals surface area (Å²) < 4.78 is 0. The monoisotopic (exact) mass is 380 g/mol. The third-order valence-corrected chi connectivity index (χ3v) is 6.54. The molecule has 1 aromatic carbocycles. The highest BCUT2D eigenvalue weighted by atomic mass is 16.2. The topological polar surface area (TPSA) is 79.5 Å². The van der Waals surface area contributed by atoms with E-state index < -0.39 is 0 Å². The first-order chi connectivity index (χ1) is 13.5. The summed E-state index contributed by atoms with van der Waals surface area (Å²) in [7, 11) is 0. The average molecular weight is 381 g/mol. The number of allylic oxidation sites excluding steroid dienone is 1. The van der Waals surface area contributed by atoms with Crippen LogP contribution in [0.2, 0.25) is 0 Å². The molecule has 1 heterocycles. The van der Waals surface area contributed by atoms with Gasteiger partial charge in [-0.1, -0.05) is 45.6 Å². The number of hydrogen-bond donors (Lipinski definition) is 3. The molecule has 0 aromatic heterocycles. The predicted molar refractivity (Wildman–Crippen MR) is 115 cm³/mol. The van der Waals surface area contributed by atoms with Crippen LogP contribution in [-0.4, -0.2) is 17.8 Å². The smallest absolute Gasteiger partial charge is 0.224 e. The van der Waals surface area contributed by atoms with E-state index in [0.717, 1.165) is 48.5 Å². The third-order valence-electron chi connectivity index (χ3n) is 6.54. The van der Waals surface area contributed by atoms with Crippen molar-refractivity contribution < 1.29 is 4.79 Å². The van der Waals surface area contributed by atoms with Gasteiger partial charge in [0.15, 0.2) is 0 Å². The van der Waals surface area contributed by atoms with Crippen LogP contribution in [0.25, 0.3) is 5.70 Å². The Labute approximate surface area is 167 Å². The van der Waals surface area contributed by atoms with Gasteiger partial charge in [0.25, 0.3) is 0 Å². The van der Waals surface area contributed by atoms with E-state index in [1.165, 1.54) is 36.8 Å². The number of nitrogens with zero attached hydrogens (tertiary/aromatic N) is 1. The van der Waals surface area contributed by atoms with Gasteiger partial charge < -0.3 is 16.4 Å². The number of nitrogen functional groups attached to an aromatic ring is 1. The summed E-state index contributed by atoms with van der Waals surface area (Å²) >= 11 is 0. The maximum Gasteiger partial charge on any atom is 0.224 e. The maximum absolute atomic E-state index is 12.6. The van der Waals surface area contributed by atoms with E-state index in [9.17, 15) is 4.79 Å². The van der Waals surface area contributed by atoms with Crippen LogP contribution in [0, 0.1) is 11.8 Å². The lowest BCUT2D eigenvalue weighted by atomic mass is 9.89. The lowest BCUT2D eigenvalue weighted by Gasteiger charge is -2.34. The van der Waals surface area contributed by atoms with E-state index in [4.69, 9.17) is 10.7 Å². The van der Waals surface area contributed by atoms with Gasteiger partial charge in [-0.25, -0.2) is 0 Å². The fraction of sp³-hybridized carbons (Fsp3) is 0.565. The van der Waals surface area contributed by atoms with Crippen LogP contribution >= 0.6 is 0 Å². The Balaban J connectivity index is 1.64. The van der Waals surface area contributed by atoms with Crippen LogP contribution in [0.1, 0.15) is 69.9 Å². The lowest BCUT2D eigenvalue weighted by molar-refractivity contribution is -0.125. The van der Waals surface area contributed by atoms with E-state index in [1.54, 1.807) is 0 Å². The summed E-state index contributed by atoms with van der Waals surface area (Å²) in [5, 5.41) is 6.86. The summed E-state index contributed by atoms with van der Waals surface area (Å²) in [5.74, 6) is 0.798. The second-order valence-electron chi connectivity index (χ2n) is 8.60. The van der Waals surface area contributed by atoms with Gasteiger partial charge in [0, 0.05) is 22.9 Å². The number of anilines is 1. The van der Waals surface area contributed by atoms with Crippen molar-refractivity contribution in [1.82, 2.24) is 10.6 Å². The van der Waals surface area contributed by atoms with E-state index in [2.05, 4.69) is 29.7 Å². The highest BCUT2D eigenvalue weighted by Gasteiger charge is 2.31. The molecule has 5 nitrogen and oxygen atoms in total. The second-order valence-corrected chi connectivity index (χ2v) is 8.60. The van der Waals surface area contributed by atoms with Crippen LogP contribution in [0.15, 0.2) is 28.9 Å². The van der Waals surface area contributed by atoms with E-state index in [0.29, 0.717) is 5.92 Å². The minimum Gasteiger partial charge on any atom is -0.399 e. The molecule has 0 saturated heterocycles. The highest BCUT2D eigenvalue weighted by Crippen LogP contribution is 2.36. The summed E-state index contributed by atoms with van der Waals surface area (Å²) in [6, 6.07) is 6.12. The van der Waals surface area contributed by atoms with Gasteiger partial charge in [-0.05, 0) is 49.3 Å². The molecule has 3 aliphatic rings. The van der Waals surface area contributed by atoms with Crippen LogP contribution in [0.3, 0.4) is 0 Å². The van der Waals surface area contributed by atoms with Gasteiger partial charge >= 0.3 is 0 Å². The van der Waals surface area contributed by atoms with Crippen molar-refractivity contribution in [3.8, 4) is 0 Å². The minimum absolute atomic E-state index is 0.0139. The fourth-order valence-electron chi connectivity index (χ4n) is 4.59. The van der Waals surface area contributed by atoms with Crippen LogP contribution < -0.4 is 16.4 Å². The molecule has 150 valence electrons. The van der Waals surface area contributed by atoms with Crippen LogP contribution in [-0.2, 0) is 11.2 Å². The van der Waals surface area contributed by atoms with Crippen molar-refractivity contribution in [2.45, 2.75) is 71.4 Å². The van der Waals surface area contributed by atoms with Crippen molar-refractivity contribution in [3.63, 3.8) is 0 Å². The number of rotatable bonds is 5. The van der Waals surface area contributed by atoms with Crippen molar-refractivity contribution in [2.24, 2.45) is 16.8 Å². The average Bonchev–Trinajstić information content (AvgIpc) is 3.20.